The summed E-state index contributed by atoms with van der Waals surface area (Å²) in [5.41, 5.74) is 3.67. The monoisotopic (exact) mass is 340 g/mol. The minimum absolute atomic E-state index is 0.0634. The molecule has 1 aliphatic heterocycles. The van der Waals surface area contributed by atoms with Crippen LogP contribution in [0.2, 0.25) is 0 Å². The number of hydrogen-bond acceptors (Lipinski definition) is 3. The Hall–Kier alpha value is -2.69. The van der Waals surface area contributed by atoms with Crippen molar-refractivity contribution in [2.45, 2.75) is 38.8 Å². The second-order valence-corrected chi connectivity index (χ2v) is 6.22. The molecule has 25 heavy (non-hydrogen) atoms. The number of benzene rings is 2. The average molecular weight is 340 g/mol. The van der Waals surface area contributed by atoms with Crippen LogP contribution in [0, 0.1) is 12.7 Å². The molecule has 0 spiro atoms. The molecule has 4 nitrogen and oxygen atoms in total. The van der Waals surface area contributed by atoms with Crippen LogP contribution < -0.4 is 5.32 Å². The van der Waals surface area contributed by atoms with Crippen LogP contribution in [0.25, 0.3) is 0 Å². The molecule has 0 aromatic heterocycles. The van der Waals surface area contributed by atoms with Crippen molar-refractivity contribution in [3.8, 4) is 0 Å². The van der Waals surface area contributed by atoms with Crippen LogP contribution >= 0.6 is 0 Å². The lowest BCUT2D eigenvalue weighted by molar-refractivity contribution is -0.132. The highest BCUT2D eigenvalue weighted by Gasteiger charge is 2.30. The second-order valence-electron chi connectivity index (χ2n) is 6.22. The van der Waals surface area contributed by atoms with E-state index in [0.717, 1.165) is 17.5 Å². The predicted molar refractivity (Wildman–Crippen MR) is 94.8 cm³/mol. The van der Waals surface area contributed by atoms with Crippen LogP contribution in [-0.4, -0.2) is 17.7 Å². The number of aryl methyl sites for hydroxylation is 1. The smallest absolute Gasteiger partial charge is 0.264 e. The molecule has 0 aliphatic carbocycles. The first-order valence-electron chi connectivity index (χ1n) is 8.42. The van der Waals surface area contributed by atoms with Gasteiger partial charge >= 0.3 is 0 Å². The maximum atomic E-state index is 13.0. The molecule has 0 saturated heterocycles. The molecular formula is C20H21FN2O2. The van der Waals surface area contributed by atoms with Crippen molar-refractivity contribution < 1.29 is 14.0 Å². The molecule has 1 aliphatic rings. The summed E-state index contributed by atoms with van der Waals surface area (Å²) in [5.74, 6) is -0.491. The van der Waals surface area contributed by atoms with Gasteiger partial charge in [0.1, 0.15) is 5.82 Å². The van der Waals surface area contributed by atoms with Crippen molar-refractivity contribution in [3.63, 3.8) is 0 Å². The summed E-state index contributed by atoms with van der Waals surface area (Å²) >= 11 is 0. The van der Waals surface area contributed by atoms with E-state index in [-0.39, 0.29) is 17.8 Å². The Morgan fingerprint density at radius 3 is 2.56 bits per heavy atom. The molecule has 0 fully saturated rings. The summed E-state index contributed by atoms with van der Waals surface area (Å²) in [5, 5.41) is 7.02. The molecule has 1 amide bonds. The third-order valence-electron chi connectivity index (χ3n) is 4.34. The van der Waals surface area contributed by atoms with E-state index in [4.69, 9.17) is 4.84 Å². The summed E-state index contributed by atoms with van der Waals surface area (Å²) in [7, 11) is 0. The van der Waals surface area contributed by atoms with E-state index in [1.165, 1.54) is 17.7 Å². The highest BCUT2D eigenvalue weighted by Crippen LogP contribution is 2.21. The fraction of sp³-hybridized carbons (Fsp3) is 0.300. The van der Waals surface area contributed by atoms with Crippen molar-refractivity contribution in [2.75, 3.05) is 0 Å². The predicted octanol–water partition coefficient (Wildman–Crippen LogP) is 3.89. The van der Waals surface area contributed by atoms with Gasteiger partial charge in [-0.3, -0.25) is 4.79 Å². The number of amides is 1. The number of oxime groups is 1. The second kappa shape index (κ2) is 7.47. The number of halogens is 1. The minimum atomic E-state index is -0.653. The summed E-state index contributed by atoms with van der Waals surface area (Å²) < 4.78 is 13.0. The summed E-state index contributed by atoms with van der Waals surface area (Å²) in [6.07, 6.45) is 0.509. The number of rotatable bonds is 5. The average Bonchev–Trinajstić information content (AvgIpc) is 3.11. The van der Waals surface area contributed by atoms with Crippen LogP contribution in [0.4, 0.5) is 4.39 Å². The van der Waals surface area contributed by atoms with E-state index in [9.17, 15) is 9.18 Å². The highest BCUT2D eigenvalue weighted by molar-refractivity contribution is 6.04. The molecule has 1 N–H and O–H groups in total. The van der Waals surface area contributed by atoms with Crippen LogP contribution in [0.5, 0.6) is 0 Å². The van der Waals surface area contributed by atoms with Gasteiger partial charge in [0.2, 0.25) is 6.10 Å². The third kappa shape index (κ3) is 4.05. The van der Waals surface area contributed by atoms with Crippen LogP contribution in [0.1, 0.15) is 42.5 Å². The van der Waals surface area contributed by atoms with Gasteiger partial charge in [0.25, 0.3) is 5.91 Å². The molecule has 1 heterocycles. The Bertz CT molecular complexity index is 769. The lowest BCUT2D eigenvalue weighted by atomic mass is 10.0. The topological polar surface area (TPSA) is 50.7 Å². The Morgan fingerprint density at radius 2 is 1.92 bits per heavy atom. The van der Waals surface area contributed by atoms with Gasteiger partial charge in [-0.15, -0.1) is 0 Å². The van der Waals surface area contributed by atoms with Gasteiger partial charge in [-0.05, 0) is 36.6 Å². The number of nitrogens with zero attached hydrogens (tertiary/aromatic N) is 1. The van der Waals surface area contributed by atoms with Crippen molar-refractivity contribution in [1.82, 2.24) is 5.32 Å². The number of nitrogens with one attached hydrogen (secondary N) is 1. The molecular weight excluding hydrogens is 319 g/mol. The fourth-order valence-electron chi connectivity index (χ4n) is 2.82. The maximum absolute atomic E-state index is 13.0. The zero-order valence-electron chi connectivity index (χ0n) is 14.3. The Kier molecular flexibility index (Phi) is 5.12. The molecule has 2 aromatic carbocycles. The van der Waals surface area contributed by atoms with Crippen LogP contribution in [0.3, 0.4) is 0 Å². The van der Waals surface area contributed by atoms with E-state index in [1.807, 2.05) is 38.1 Å². The van der Waals surface area contributed by atoms with Crippen LogP contribution in [-0.2, 0) is 9.63 Å². The zero-order chi connectivity index (χ0) is 17.8. The fourth-order valence-corrected chi connectivity index (χ4v) is 2.82. The van der Waals surface area contributed by atoms with E-state index in [2.05, 4.69) is 10.5 Å². The van der Waals surface area contributed by atoms with Crippen molar-refractivity contribution in [2.24, 2.45) is 5.16 Å². The standard InChI is InChI=1S/C20H21FN2O2/c1-3-17(14-6-4-13(2)5-7-14)22-20(24)19-12-18(23-25-19)15-8-10-16(21)11-9-15/h4-11,17,19H,3,12H2,1-2H3,(H,22,24). The van der Waals surface area contributed by atoms with Crippen molar-refractivity contribution in [1.29, 1.82) is 0 Å². The lowest BCUT2D eigenvalue weighted by Crippen LogP contribution is -2.37. The minimum Gasteiger partial charge on any atom is -0.382 e. The zero-order valence-corrected chi connectivity index (χ0v) is 14.3. The van der Waals surface area contributed by atoms with Gasteiger partial charge in [0.15, 0.2) is 0 Å². The quantitative estimate of drug-likeness (QED) is 0.897. The first kappa shape index (κ1) is 17.1. The Morgan fingerprint density at radius 1 is 1.24 bits per heavy atom. The molecule has 0 radical (unpaired) electrons. The molecule has 2 atom stereocenters. The van der Waals surface area contributed by atoms with E-state index in [1.54, 1.807) is 12.1 Å². The first-order chi connectivity index (χ1) is 12.1. The summed E-state index contributed by atoms with van der Waals surface area (Å²) in [6.45, 7) is 4.06. The molecule has 3 rings (SSSR count). The van der Waals surface area contributed by atoms with Gasteiger partial charge in [0, 0.05) is 6.42 Å². The van der Waals surface area contributed by atoms with Crippen molar-refractivity contribution >= 4 is 11.6 Å². The van der Waals surface area contributed by atoms with Crippen molar-refractivity contribution in [3.05, 3.63) is 71.0 Å². The number of hydrogen-bond donors (Lipinski definition) is 1. The first-order valence-corrected chi connectivity index (χ1v) is 8.42. The van der Waals surface area contributed by atoms with Gasteiger partial charge in [0.05, 0.1) is 11.8 Å². The van der Waals surface area contributed by atoms with Gasteiger partial charge in [-0.1, -0.05) is 54.0 Å². The molecule has 0 saturated carbocycles. The molecule has 130 valence electrons. The lowest BCUT2D eigenvalue weighted by Gasteiger charge is -2.19. The maximum Gasteiger partial charge on any atom is 0.264 e. The van der Waals surface area contributed by atoms with E-state index >= 15 is 0 Å². The SMILES string of the molecule is CCC(NC(=O)C1CC(c2ccc(F)cc2)=NO1)c1ccc(C)cc1. The van der Waals surface area contributed by atoms with Crippen LogP contribution in [0.15, 0.2) is 53.7 Å². The van der Waals surface area contributed by atoms with Gasteiger partial charge in [-0.2, -0.15) is 0 Å². The number of carbonyl (C=O) groups is 1. The highest BCUT2D eigenvalue weighted by atomic mass is 19.1. The van der Waals surface area contributed by atoms with E-state index < -0.39 is 6.10 Å². The van der Waals surface area contributed by atoms with E-state index in [0.29, 0.717) is 12.1 Å². The summed E-state index contributed by atoms with van der Waals surface area (Å²) in [4.78, 5) is 17.8. The van der Waals surface area contributed by atoms with Gasteiger partial charge in [-0.25, -0.2) is 4.39 Å². The molecule has 2 unspecified atom stereocenters. The Labute approximate surface area is 146 Å². The molecule has 0 bridgehead atoms. The van der Waals surface area contributed by atoms with Gasteiger partial charge < -0.3 is 10.2 Å². The molecule has 2 aromatic rings. The Balaban J connectivity index is 1.62. The largest absolute Gasteiger partial charge is 0.382 e. The normalized spacial score (nSPS) is 17.6. The number of carbonyl (C=O) groups excluding carboxylic acids is 1. The molecule has 5 heteroatoms. The third-order valence-corrected chi connectivity index (χ3v) is 4.34. The summed E-state index contributed by atoms with van der Waals surface area (Å²) in [6, 6.07) is 14.1.